The van der Waals surface area contributed by atoms with E-state index in [4.69, 9.17) is 0 Å². The molecule has 5 nitrogen and oxygen atoms in total. The van der Waals surface area contributed by atoms with Crippen LogP contribution in [0.1, 0.15) is 39.3 Å². The molecular formula is C19H20FN3O2. The van der Waals surface area contributed by atoms with Gasteiger partial charge in [-0.3, -0.25) is 9.59 Å². The van der Waals surface area contributed by atoms with Crippen molar-refractivity contribution < 1.29 is 14.0 Å². The van der Waals surface area contributed by atoms with Gasteiger partial charge in [-0.2, -0.15) is 0 Å². The van der Waals surface area contributed by atoms with Crippen LogP contribution in [0.3, 0.4) is 0 Å². The molecule has 0 radical (unpaired) electrons. The van der Waals surface area contributed by atoms with Crippen molar-refractivity contribution in [1.29, 1.82) is 0 Å². The second kappa shape index (κ2) is 7.42. The van der Waals surface area contributed by atoms with Crippen molar-refractivity contribution in [1.82, 2.24) is 15.2 Å². The number of rotatable bonds is 3. The molecule has 2 amide bonds. The molecule has 1 saturated heterocycles. The number of halogens is 1. The number of pyridine rings is 1. The number of aryl methyl sites for hydroxylation is 1. The van der Waals surface area contributed by atoms with Crippen molar-refractivity contribution in [2.75, 3.05) is 13.1 Å². The van der Waals surface area contributed by atoms with Crippen molar-refractivity contribution >= 4 is 11.8 Å². The number of likely N-dealkylation sites (tertiary alicyclic amines) is 1. The number of piperidine rings is 1. The quantitative estimate of drug-likeness (QED) is 0.933. The molecule has 6 heteroatoms. The first-order valence-electron chi connectivity index (χ1n) is 8.32. The first kappa shape index (κ1) is 17.1. The number of carbonyl (C=O) groups is 2. The summed E-state index contributed by atoms with van der Waals surface area (Å²) in [7, 11) is 0. The third kappa shape index (κ3) is 4.02. The predicted octanol–water partition coefficient (Wildman–Crippen LogP) is 2.56. The van der Waals surface area contributed by atoms with E-state index in [0.29, 0.717) is 31.5 Å². The van der Waals surface area contributed by atoms with Crippen LogP contribution in [0.5, 0.6) is 0 Å². The molecule has 0 unspecified atom stereocenters. The number of nitrogens with one attached hydrogen (secondary N) is 1. The standard InChI is InChI=1S/C19H20FN3O2/c1-13-4-2-3-5-16(13)18(24)22-15-8-10-23(11-9-15)19(25)17-7-6-14(20)12-21-17/h2-7,12,15H,8-11H2,1H3,(H,22,24). The highest BCUT2D eigenvalue weighted by molar-refractivity contribution is 5.96. The molecule has 0 spiro atoms. The molecule has 1 aliphatic rings. The molecule has 1 aromatic heterocycles. The lowest BCUT2D eigenvalue weighted by Crippen LogP contribution is -2.46. The van der Waals surface area contributed by atoms with Crippen LogP contribution in [0.25, 0.3) is 0 Å². The van der Waals surface area contributed by atoms with Gasteiger partial charge in [0.05, 0.1) is 6.20 Å². The lowest BCUT2D eigenvalue weighted by molar-refractivity contribution is 0.0692. The van der Waals surface area contributed by atoms with Crippen LogP contribution in [0.15, 0.2) is 42.6 Å². The SMILES string of the molecule is Cc1ccccc1C(=O)NC1CCN(C(=O)c2ccc(F)cn2)CC1. The largest absolute Gasteiger partial charge is 0.349 e. The minimum Gasteiger partial charge on any atom is -0.349 e. The molecule has 2 heterocycles. The smallest absolute Gasteiger partial charge is 0.272 e. The molecule has 0 aliphatic carbocycles. The zero-order valence-corrected chi connectivity index (χ0v) is 14.0. The van der Waals surface area contributed by atoms with Crippen LogP contribution in [-0.4, -0.2) is 40.8 Å². The van der Waals surface area contributed by atoms with Crippen molar-refractivity contribution in [3.63, 3.8) is 0 Å². The summed E-state index contributed by atoms with van der Waals surface area (Å²) in [5.74, 6) is -0.749. The Labute approximate surface area is 145 Å². The summed E-state index contributed by atoms with van der Waals surface area (Å²) in [4.78, 5) is 30.3. The molecule has 1 aromatic carbocycles. The Morgan fingerprint density at radius 1 is 1.16 bits per heavy atom. The maximum absolute atomic E-state index is 12.9. The summed E-state index contributed by atoms with van der Waals surface area (Å²) in [5, 5.41) is 3.04. The molecule has 130 valence electrons. The number of benzene rings is 1. The van der Waals surface area contributed by atoms with Crippen molar-refractivity contribution in [3.8, 4) is 0 Å². The number of amides is 2. The van der Waals surface area contributed by atoms with E-state index in [9.17, 15) is 14.0 Å². The van der Waals surface area contributed by atoms with E-state index >= 15 is 0 Å². The highest BCUT2D eigenvalue weighted by Gasteiger charge is 2.25. The summed E-state index contributed by atoms with van der Waals surface area (Å²) >= 11 is 0. The van der Waals surface area contributed by atoms with Gasteiger partial charge in [0.1, 0.15) is 11.5 Å². The maximum atomic E-state index is 12.9. The Morgan fingerprint density at radius 3 is 2.52 bits per heavy atom. The van der Waals surface area contributed by atoms with Gasteiger partial charge in [0.25, 0.3) is 11.8 Å². The highest BCUT2D eigenvalue weighted by atomic mass is 19.1. The first-order valence-corrected chi connectivity index (χ1v) is 8.32. The fourth-order valence-corrected chi connectivity index (χ4v) is 2.98. The summed E-state index contributed by atoms with van der Waals surface area (Å²) in [6.45, 7) is 2.99. The Balaban J connectivity index is 1.55. The second-order valence-corrected chi connectivity index (χ2v) is 6.22. The van der Waals surface area contributed by atoms with E-state index in [2.05, 4.69) is 10.3 Å². The third-order valence-electron chi connectivity index (χ3n) is 4.45. The molecule has 0 bridgehead atoms. The molecular weight excluding hydrogens is 321 g/mol. The molecule has 1 aliphatic heterocycles. The molecule has 1 fully saturated rings. The lowest BCUT2D eigenvalue weighted by Gasteiger charge is -2.32. The normalized spacial score (nSPS) is 15.0. The van der Waals surface area contributed by atoms with Gasteiger partial charge < -0.3 is 10.2 Å². The monoisotopic (exact) mass is 341 g/mol. The van der Waals surface area contributed by atoms with Gasteiger partial charge in [0.2, 0.25) is 0 Å². The molecule has 0 atom stereocenters. The highest BCUT2D eigenvalue weighted by Crippen LogP contribution is 2.15. The van der Waals surface area contributed by atoms with Gasteiger partial charge in [-0.1, -0.05) is 18.2 Å². The van der Waals surface area contributed by atoms with E-state index in [1.165, 1.54) is 12.1 Å². The van der Waals surface area contributed by atoms with Crippen molar-refractivity contribution in [2.45, 2.75) is 25.8 Å². The summed E-state index contributed by atoms with van der Waals surface area (Å²) < 4.78 is 12.9. The predicted molar refractivity (Wildman–Crippen MR) is 91.8 cm³/mol. The Bertz CT molecular complexity index is 768. The minimum atomic E-state index is -0.464. The fraction of sp³-hybridized carbons (Fsp3) is 0.316. The van der Waals surface area contributed by atoms with Gasteiger partial charge in [-0.15, -0.1) is 0 Å². The van der Waals surface area contributed by atoms with Gasteiger partial charge >= 0.3 is 0 Å². The van der Waals surface area contributed by atoms with Gasteiger partial charge in [0, 0.05) is 24.7 Å². The number of hydrogen-bond acceptors (Lipinski definition) is 3. The Kier molecular flexibility index (Phi) is 5.07. The van der Waals surface area contributed by atoms with Crippen LogP contribution in [0, 0.1) is 12.7 Å². The fourth-order valence-electron chi connectivity index (χ4n) is 2.98. The van der Waals surface area contributed by atoms with Crippen LogP contribution >= 0.6 is 0 Å². The summed E-state index contributed by atoms with van der Waals surface area (Å²) in [5.41, 5.74) is 1.86. The average molecular weight is 341 g/mol. The maximum Gasteiger partial charge on any atom is 0.272 e. The second-order valence-electron chi connectivity index (χ2n) is 6.22. The lowest BCUT2D eigenvalue weighted by atomic mass is 10.0. The van der Waals surface area contributed by atoms with Crippen LogP contribution in [0.2, 0.25) is 0 Å². The van der Waals surface area contributed by atoms with Crippen LogP contribution in [0.4, 0.5) is 4.39 Å². The molecule has 3 rings (SSSR count). The number of hydrogen-bond donors (Lipinski definition) is 1. The van der Waals surface area contributed by atoms with Gasteiger partial charge in [0.15, 0.2) is 0 Å². The first-order chi connectivity index (χ1) is 12.0. The third-order valence-corrected chi connectivity index (χ3v) is 4.45. The van der Waals surface area contributed by atoms with E-state index in [1.54, 1.807) is 4.90 Å². The van der Waals surface area contributed by atoms with Crippen molar-refractivity contribution in [2.24, 2.45) is 0 Å². The topological polar surface area (TPSA) is 62.3 Å². The molecule has 0 saturated carbocycles. The van der Waals surface area contributed by atoms with E-state index in [1.807, 2.05) is 31.2 Å². The zero-order valence-electron chi connectivity index (χ0n) is 14.0. The number of aromatic nitrogens is 1. The molecule has 2 aromatic rings. The number of nitrogens with zero attached hydrogens (tertiary/aromatic N) is 2. The van der Waals surface area contributed by atoms with Gasteiger partial charge in [-0.25, -0.2) is 9.37 Å². The Hall–Kier alpha value is -2.76. The van der Waals surface area contributed by atoms with Crippen LogP contribution < -0.4 is 5.32 Å². The number of carbonyl (C=O) groups excluding carboxylic acids is 2. The summed E-state index contributed by atoms with van der Waals surface area (Å²) in [6.07, 6.45) is 2.41. The van der Waals surface area contributed by atoms with Gasteiger partial charge in [-0.05, 0) is 43.5 Å². The average Bonchev–Trinajstić information content (AvgIpc) is 2.63. The molecule has 1 N–H and O–H groups in total. The molecule has 25 heavy (non-hydrogen) atoms. The minimum absolute atomic E-state index is 0.0392. The summed E-state index contributed by atoms with van der Waals surface area (Å²) in [6, 6.07) is 10.1. The Morgan fingerprint density at radius 2 is 1.88 bits per heavy atom. The van der Waals surface area contributed by atoms with Crippen molar-refractivity contribution in [3.05, 3.63) is 65.2 Å². The zero-order chi connectivity index (χ0) is 17.8. The van der Waals surface area contributed by atoms with Crippen LogP contribution in [-0.2, 0) is 0 Å². The van der Waals surface area contributed by atoms with E-state index in [-0.39, 0.29) is 23.6 Å². The van der Waals surface area contributed by atoms with E-state index < -0.39 is 5.82 Å². The van der Waals surface area contributed by atoms with E-state index in [0.717, 1.165) is 11.8 Å².